The summed E-state index contributed by atoms with van der Waals surface area (Å²) in [4.78, 5) is 0. The first kappa shape index (κ1) is 14.0. The Morgan fingerprint density at radius 3 is 2.79 bits per heavy atom. The van der Waals surface area contributed by atoms with Gasteiger partial charge < -0.3 is 10.1 Å². The zero-order valence-corrected chi connectivity index (χ0v) is 11.9. The highest BCUT2D eigenvalue weighted by Gasteiger charge is 2.19. The standard InChI is InChI=1S/C14H21N3O2/c1-10(8-14(2,3)18-4)15-9-11-5-6-12-13(7-11)17-19-16-12/h5-7,10,15H,8-9H2,1-4H3/t10-/m0/s1. The van der Waals surface area contributed by atoms with Crippen LogP contribution in [-0.4, -0.2) is 29.1 Å². The van der Waals surface area contributed by atoms with E-state index in [9.17, 15) is 0 Å². The Morgan fingerprint density at radius 1 is 1.32 bits per heavy atom. The van der Waals surface area contributed by atoms with Gasteiger partial charge in [0.05, 0.1) is 5.60 Å². The number of ether oxygens (including phenoxy) is 1. The third-order valence-corrected chi connectivity index (χ3v) is 3.32. The van der Waals surface area contributed by atoms with Gasteiger partial charge >= 0.3 is 0 Å². The molecule has 0 saturated carbocycles. The first-order chi connectivity index (χ1) is 9.00. The maximum absolute atomic E-state index is 5.44. The van der Waals surface area contributed by atoms with Crippen LogP contribution in [0.3, 0.4) is 0 Å². The summed E-state index contributed by atoms with van der Waals surface area (Å²) < 4.78 is 10.1. The van der Waals surface area contributed by atoms with Gasteiger partial charge in [0.25, 0.3) is 0 Å². The predicted octanol–water partition coefficient (Wildman–Crippen LogP) is 2.52. The molecule has 0 fully saturated rings. The van der Waals surface area contributed by atoms with Crippen molar-refractivity contribution in [3.05, 3.63) is 23.8 Å². The molecule has 0 saturated heterocycles. The van der Waals surface area contributed by atoms with E-state index in [1.165, 1.54) is 5.56 Å². The predicted molar refractivity (Wildman–Crippen MR) is 73.8 cm³/mol. The maximum atomic E-state index is 5.44. The fraction of sp³-hybridized carbons (Fsp3) is 0.571. The van der Waals surface area contributed by atoms with Crippen molar-refractivity contribution < 1.29 is 9.37 Å². The molecule has 5 nitrogen and oxygen atoms in total. The quantitative estimate of drug-likeness (QED) is 0.867. The fourth-order valence-corrected chi connectivity index (χ4v) is 2.12. The normalized spacial score (nSPS) is 13.9. The van der Waals surface area contributed by atoms with Gasteiger partial charge in [-0.15, -0.1) is 0 Å². The number of fused-ring (bicyclic) bond motifs is 1. The molecule has 104 valence electrons. The van der Waals surface area contributed by atoms with Crippen molar-refractivity contribution in [2.45, 2.75) is 45.4 Å². The van der Waals surface area contributed by atoms with Gasteiger partial charge in [-0.05, 0) is 55.2 Å². The van der Waals surface area contributed by atoms with Crippen LogP contribution in [0.25, 0.3) is 11.0 Å². The maximum Gasteiger partial charge on any atom is 0.135 e. The topological polar surface area (TPSA) is 60.2 Å². The van der Waals surface area contributed by atoms with Crippen molar-refractivity contribution in [3.8, 4) is 0 Å². The third kappa shape index (κ3) is 3.75. The number of aromatic nitrogens is 2. The first-order valence-electron chi connectivity index (χ1n) is 6.50. The zero-order chi connectivity index (χ0) is 13.9. The summed E-state index contributed by atoms with van der Waals surface area (Å²) in [6, 6.07) is 6.33. The van der Waals surface area contributed by atoms with E-state index >= 15 is 0 Å². The van der Waals surface area contributed by atoms with Gasteiger partial charge in [0, 0.05) is 19.7 Å². The Labute approximate surface area is 113 Å². The van der Waals surface area contributed by atoms with Gasteiger partial charge in [-0.1, -0.05) is 6.07 Å². The van der Waals surface area contributed by atoms with Crippen LogP contribution >= 0.6 is 0 Å². The second kappa shape index (κ2) is 5.67. The van der Waals surface area contributed by atoms with Crippen molar-refractivity contribution in [2.24, 2.45) is 0 Å². The number of methoxy groups -OCH3 is 1. The van der Waals surface area contributed by atoms with E-state index in [1.807, 2.05) is 18.2 Å². The molecular weight excluding hydrogens is 242 g/mol. The summed E-state index contributed by atoms with van der Waals surface area (Å²) in [5.74, 6) is 0. The Morgan fingerprint density at radius 2 is 2.05 bits per heavy atom. The highest BCUT2D eigenvalue weighted by atomic mass is 16.6. The van der Waals surface area contributed by atoms with Crippen molar-refractivity contribution in [1.29, 1.82) is 0 Å². The van der Waals surface area contributed by atoms with Crippen molar-refractivity contribution in [3.63, 3.8) is 0 Å². The fourth-order valence-electron chi connectivity index (χ4n) is 2.12. The summed E-state index contributed by atoms with van der Waals surface area (Å²) in [6.07, 6.45) is 0.956. The molecule has 0 radical (unpaired) electrons. The summed E-state index contributed by atoms with van der Waals surface area (Å²) in [7, 11) is 1.75. The molecule has 0 aliphatic heterocycles. The Hall–Kier alpha value is -1.46. The van der Waals surface area contributed by atoms with Crippen LogP contribution in [0.2, 0.25) is 0 Å². The van der Waals surface area contributed by atoms with Crippen LogP contribution in [0.15, 0.2) is 22.8 Å². The SMILES string of the molecule is COC(C)(C)C[C@H](C)NCc1ccc2nonc2c1. The van der Waals surface area contributed by atoms with Crippen molar-refractivity contribution in [1.82, 2.24) is 15.6 Å². The lowest BCUT2D eigenvalue weighted by Crippen LogP contribution is -2.35. The van der Waals surface area contributed by atoms with Crippen LogP contribution in [0, 0.1) is 0 Å². The van der Waals surface area contributed by atoms with Gasteiger partial charge in [-0.3, -0.25) is 0 Å². The van der Waals surface area contributed by atoms with Crippen LogP contribution in [0.1, 0.15) is 32.8 Å². The number of hydrogen-bond donors (Lipinski definition) is 1. The minimum absolute atomic E-state index is 0.105. The minimum Gasteiger partial charge on any atom is -0.379 e. The molecule has 19 heavy (non-hydrogen) atoms. The molecule has 0 amide bonds. The van der Waals surface area contributed by atoms with Gasteiger partial charge in [-0.2, -0.15) is 0 Å². The Bertz CT molecular complexity index is 536. The molecule has 0 unspecified atom stereocenters. The molecule has 0 aliphatic carbocycles. The number of nitrogens with zero attached hydrogens (tertiary/aromatic N) is 2. The van der Waals surface area contributed by atoms with E-state index in [4.69, 9.17) is 4.74 Å². The molecular formula is C14H21N3O2. The van der Waals surface area contributed by atoms with Crippen LogP contribution in [0.4, 0.5) is 0 Å². The second-order valence-electron chi connectivity index (χ2n) is 5.54. The molecule has 2 aromatic rings. The lowest BCUT2D eigenvalue weighted by atomic mass is 9.99. The monoisotopic (exact) mass is 263 g/mol. The lowest BCUT2D eigenvalue weighted by molar-refractivity contribution is 0.00844. The number of benzene rings is 1. The van der Waals surface area contributed by atoms with Crippen LogP contribution in [-0.2, 0) is 11.3 Å². The summed E-state index contributed by atoms with van der Waals surface area (Å²) in [5, 5.41) is 11.1. The van der Waals surface area contributed by atoms with E-state index in [2.05, 4.69) is 41.0 Å². The smallest absolute Gasteiger partial charge is 0.135 e. The van der Waals surface area contributed by atoms with Gasteiger partial charge in [-0.25, -0.2) is 4.63 Å². The van der Waals surface area contributed by atoms with Crippen LogP contribution in [0.5, 0.6) is 0 Å². The average Bonchev–Trinajstić information content (AvgIpc) is 2.83. The summed E-state index contributed by atoms with van der Waals surface area (Å²) >= 11 is 0. The minimum atomic E-state index is -0.105. The molecule has 5 heteroatoms. The zero-order valence-electron chi connectivity index (χ0n) is 11.9. The molecule has 0 bridgehead atoms. The van der Waals surface area contributed by atoms with Crippen LogP contribution < -0.4 is 5.32 Å². The van der Waals surface area contributed by atoms with E-state index in [1.54, 1.807) is 7.11 Å². The molecule has 1 atom stereocenters. The Balaban J connectivity index is 1.91. The second-order valence-corrected chi connectivity index (χ2v) is 5.54. The summed E-state index contributed by atoms with van der Waals surface area (Å²) in [6.45, 7) is 7.15. The van der Waals surface area contributed by atoms with Gasteiger partial charge in [0.2, 0.25) is 0 Å². The van der Waals surface area contributed by atoms with E-state index < -0.39 is 0 Å². The lowest BCUT2D eigenvalue weighted by Gasteiger charge is -2.27. The molecule has 1 heterocycles. The van der Waals surface area contributed by atoms with Gasteiger partial charge in [0.1, 0.15) is 11.0 Å². The molecule has 0 spiro atoms. The van der Waals surface area contributed by atoms with E-state index in [0.29, 0.717) is 6.04 Å². The van der Waals surface area contributed by atoms with Gasteiger partial charge in [0.15, 0.2) is 0 Å². The highest BCUT2D eigenvalue weighted by molar-refractivity contribution is 5.73. The molecule has 1 aromatic carbocycles. The van der Waals surface area contributed by atoms with E-state index in [0.717, 1.165) is 24.0 Å². The third-order valence-electron chi connectivity index (χ3n) is 3.32. The molecule has 1 N–H and O–H groups in total. The Kier molecular flexibility index (Phi) is 4.17. The largest absolute Gasteiger partial charge is 0.379 e. The first-order valence-corrected chi connectivity index (χ1v) is 6.50. The molecule has 2 rings (SSSR count). The van der Waals surface area contributed by atoms with E-state index in [-0.39, 0.29) is 5.60 Å². The van der Waals surface area contributed by atoms with Crippen molar-refractivity contribution in [2.75, 3.05) is 7.11 Å². The molecule has 0 aliphatic rings. The van der Waals surface area contributed by atoms with Crippen molar-refractivity contribution >= 4 is 11.0 Å². The number of nitrogens with one attached hydrogen (secondary N) is 1. The molecule has 1 aromatic heterocycles. The average molecular weight is 263 g/mol. The highest BCUT2D eigenvalue weighted by Crippen LogP contribution is 2.16. The number of hydrogen-bond acceptors (Lipinski definition) is 5. The number of rotatable bonds is 6. The summed E-state index contributed by atoms with van der Waals surface area (Å²) in [5.41, 5.74) is 2.65.